The van der Waals surface area contributed by atoms with E-state index in [2.05, 4.69) is 4.72 Å². The molecule has 0 radical (unpaired) electrons. The van der Waals surface area contributed by atoms with Crippen molar-refractivity contribution in [3.63, 3.8) is 0 Å². The van der Waals surface area contributed by atoms with Crippen LogP contribution in [0.3, 0.4) is 0 Å². The lowest BCUT2D eigenvalue weighted by atomic mass is 10.1. The zero-order chi connectivity index (χ0) is 15.8. The molecule has 1 N–H and O–H groups in total. The Morgan fingerprint density at radius 3 is 2.52 bits per heavy atom. The number of benzene rings is 1. The molecule has 0 spiro atoms. The Balaban J connectivity index is 2.57. The van der Waals surface area contributed by atoms with Crippen LogP contribution in [0.2, 0.25) is 0 Å². The fourth-order valence-electron chi connectivity index (χ4n) is 1.93. The van der Waals surface area contributed by atoms with Gasteiger partial charge in [0.2, 0.25) is 10.0 Å². The van der Waals surface area contributed by atoms with Crippen molar-refractivity contribution in [2.45, 2.75) is 30.7 Å². The summed E-state index contributed by atoms with van der Waals surface area (Å²) < 4.78 is 65.5. The van der Waals surface area contributed by atoms with Crippen LogP contribution in [0.25, 0.3) is 10.1 Å². The molecule has 1 aromatic carbocycles. The van der Waals surface area contributed by atoms with E-state index in [0.717, 1.165) is 23.5 Å². The third-order valence-electron chi connectivity index (χ3n) is 3.01. The standard InChI is InChI=1S/C13H14F3NO2S2/c1-3-6-17-21(18,19)12-8(2)10-7-9(13(14,15)16)4-5-11(10)20-12/h4-5,7,17H,3,6H2,1-2H3. The largest absolute Gasteiger partial charge is 0.416 e. The first kappa shape index (κ1) is 16.3. The van der Waals surface area contributed by atoms with E-state index in [9.17, 15) is 21.6 Å². The lowest BCUT2D eigenvalue weighted by Gasteiger charge is -2.06. The van der Waals surface area contributed by atoms with Gasteiger partial charge in [0.15, 0.2) is 0 Å². The highest BCUT2D eigenvalue weighted by molar-refractivity contribution is 7.91. The van der Waals surface area contributed by atoms with Crippen molar-refractivity contribution < 1.29 is 21.6 Å². The predicted molar refractivity (Wildman–Crippen MR) is 77.0 cm³/mol. The molecule has 0 saturated carbocycles. The minimum absolute atomic E-state index is 0.0743. The number of sulfonamides is 1. The highest BCUT2D eigenvalue weighted by Gasteiger charge is 2.31. The van der Waals surface area contributed by atoms with Gasteiger partial charge in [-0.25, -0.2) is 13.1 Å². The number of hydrogen-bond donors (Lipinski definition) is 1. The second-order valence-electron chi connectivity index (χ2n) is 4.62. The molecular formula is C13H14F3NO2S2. The van der Waals surface area contributed by atoms with Gasteiger partial charge in [0, 0.05) is 11.2 Å². The normalized spacial score (nSPS) is 13.0. The second-order valence-corrected chi connectivity index (χ2v) is 7.64. The summed E-state index contributed by atoms with van der Waals surface area (Å²) in [6.45, 7) is 3.65. The molecule has 0 amide bonds. The average Bonchev–Trinajstić information content (AvgIpc) is 2.73. The second kappa shape index (κ2) is 5.58. The van der Waals surface area contributed by atoms with Crippen molar-refractivity contribution in [2.75, 3.05) is 6.54 Å². The molecule has 3 nitrogen and oxygen atoms in total. The van der Waals surface area contributed by atoms with Crippen molar-refractivity contribution in [1.29, 1.82) is 0 Å². The number of rotatable bonds is 4. The maximum Gasteiger partial charge on any atom is 0.416 e. The first-order valence-electron chi connectivity index (χ1n) is 6.27. The minimum Gasteiger partial charge on any atom is -0.210 e. The molecule has 0 unspecified atom stereocenters. The van der Waals surface area contributed by atoms with E-state index in [4.69, 9.17) is 0 Å². The van der Waals surface area contributed by atoms with Crippen molar-refractivity contribution in [3.8, 4) is 0 Å². The average molecular weight is 337 g/mol. The Hall–Kier alpha value is -1.12. The van der Waals surface area contributed by atoms with Crippen LogP contribution in [0.1, 0.15) is 24.5 Å². The molecule has 21 heavy (non-hydrogen) atoms. The SMILES string of the molecule is CCCNS(=O)(=O)c1sc2ccc(C(F)(F)F)cc2c1C. The smallest absolute Gasteiger partial charge is 0.210 e. The fraction of sp³-hybridized carbons (Fsp3) is 0.385. The topological polar surface area (TPSA) is 46.2 Å². The molecular weight excluding hydrogens is 323 g/mol. The lowest BCUT2D eigenvalue weighted by Crippen LogP contribution is -2.24. The number of fused-ring (bicyclic) bond motifs is 1. The van der Waals surface area contributed by atoms with E-state index in [1.165, 1.54) is 13.0 Å². The third kappa shape index (κ3) is 3.22. The monoisotopic (exact) mass is 337 g/mol. The number of nitrogens with one attached hydrogen (secondary N) is 1. The number of hydrogen-bond acceptors (Lipinski definition) is 3. The zero-order valence-electron chi connectivity index (χ0n) is 11.4. The van der Waals surface area contributed by atoms with E-state index >= 15 is 0 Å². The number of thiophene rings is 1. The molecule has 2 aromatic rings. The van der Waals surface area contributed by atoms with Gasteiger partial charge in [0.05, 0.1) is 5.56 Å². The fourth-order valence-corrected chi connectivity index (χ4v) is 4.86. The van der Waals surface area contributed by atoms with Crippen LogP contribution >= 0.6 is 11.3 Å². The molecule has 0 atom stereocenters. The van der Waals surface area contributed by atoms with Crippen LogP contribution in [-0.2, 0) is 16.2 Å². The molecule has 1 aromatic heterocycles. The Morgan fingerprint density at radius 2 is 1.95 bits per heavy atom. The Morgan fingerprint density at radius 1 is 1.29 bits per heavy atom. The quantitative estimate of drug-likeness (QED) is 0.919. The Kier molecular flexibility index (Phi) is 4.32. The van der Waals surface area contributed by atoms with Gasteiger partial charge in [0.1, 0.15) is 4.21 Å². The Bertz CT molecular complexity index is 764. The van der Waals surface area contributed by atoms with E-state index in [0.29, 0.717) is 28.6 Å². The Labute approximate surface area is 124 Å². The molecule has 8 heteroatoms. The third-order valence-corrected chi connectivity index (χ3v) is 6.36. The van der Waals surface area contributed by atoms with Crippen LogP contribution in [0, 0.1) is 6.92 Å². The lowest BCUT2D eigenvalue weighted by molar-refractivity contribution is -0.137. The van der Waals surface area contributed by atoms with Gasteiger partial charge in [-0.05, 0) is 42.5 Å². The summed E-state index contributed by atoms with van der Waals surface area (Å²) in [5.41, 5.74) is -0.425. The van der Waals surface area contributed by atoms with Crippen LogP contribution in [0.15, 0.2) is 22.4 Å². The molecule has 0 fully saturated rings. The van der Waals surface area contributed by atoms with Gasteiger partial charge in [-0.15, -0.1) is 11.3 Å². The van der Waals surface area contributed by atoms with Crippen LogP contribution in [-0.4, -0.2) is 15.0 Å². The van der Waals surface area contributed by atoms with E-state index < -0.39 is 21.8 Å². The zero-order valence-corrected chi connectivity index (χ0v) is 13.0. The molecule has 0 saturated heterocycles. The number of alkyl halides is 3. The maximum absolute atomic E-state index is 12.7. The summed E-state index contributed by atoms with van der Waals surface area (Å²) in [5, 5.41) is 0.326. The van der Waals surface area contributed by atoms with Gasteiger partial charge in [-0.1, -0.05) is 6.92 Å². The summed E-state index contributed by atoms with van der Waals surface area (Å²) >= 11 is 0.983. The summed E-state index contributed by atoms with van der Waals surface area (Å²) in [6.07, 6.45) is -3.80. The molecule has 0 aliphatic carbocycles. The molecule has 1 heterocycles. The van der Waals surface area contributed by atoms with Crippen LogP contribution in [0.5, 0.6) is 0 Å². The van der Waals surface area contributed by atoms with Crippen LogP contribution in [0.4, 0.5) is 13.2 Å². The highest BCUT2D eigenvalue weighted by Crippen LogP contribution is 2.38. The molecule has 0 bridgehead atoms. The molecule has 0 aliphatic heterocycles. The molecule has 0 aliphatic rings. The van der Waals surface area contributed by atoms with Gasteiger partial charge < -0.3 is 0 Å². The number of aryl methyl sites for hydroxylation is 1. The summed E-state index contributed by atoms with van der Waals surface area (Å²) in [6, 6.07) is 3.28. The van der Waals surface area contributed by atoms with E-state index in [-0.39, 0.29) is 4.21 Å². The van der Waals surface area contributed by atoms with Gasteiger partial charge in [0.25, 0.3) is 0 Å². The highest BCUT2D eigenvalue weighted by atomic mass is 32.2. The molecule has 2 rings (SSSR count). The minimum atomic E-state index is -4.44. The summed E-state index contributed by atoms with van der Waals surface area (Å²) in [4.78, 5) is 0. The summed E-state index contributed by atoms with van der Waals surface area (Å²) in [7, 11) is -3.68. The van der Waals surface area contributed by atoms with Gasteiger partial charge in [-0.2, -0.15) is 13.2 Å². The van der Waals surface area contributed by atoms with Crippen molar-refractivity contribution in [2.24, 2.45) is 0 Å². The van der Waals surface area contributed by atoms with Crippen molar-refractivity contribution in [1.82, 2.24) is 4.72 Å². The molecule has 116 valence electrons. The maximum atomic E-state index is 12.7. The van der Waals surface area contributed by atoms with E-state index in [1.807, 2.05) is 6.92 Å². The van der Waals surface area contributed by atoms with Gasteiger partial charge in [-0.3, -0.25) is 0 Å². The number of halogens is 3. The van der Waals surface area contributed by atoms with E-state index in [1.54, 1.807) is 0 Å². The van der Waals surface area contributed by atoms with Crippen molar-refractivity contribution in [3.05, 3.63) is 29.3 Å². The first-order valence-corrected chi connectivity index (χ1v) is 8.57. The predicted octanol–water partition coefficient (Wildman–Crippen LogP) is 3.92. The van der Waals surface area contributed by atoms with Gasteiger partial charge >= 0.3 is 6.18 Å². The van der Waals surface area contributed by atoms with Crippen LogP contribution < -0.4 is 4.72 Å². The first-order chi connectivity index (χ1) is 9.66. The summed E-state index contributed by atoms with van der Waals surface area (Å²) in [5.74, 6) is 0. The van der Waals surface area contributed by atoms with Crippen molar-refractivity contribution >= 4 is 31.4 Å².